The summed E-state index contributed by atoms with van der Waals surface area (Å²) in [6.45, 7) is 0.305. The number of aliphatic imine (C=N–C) groups is 1. The van der Waals surface area contributed by atoms with Gasteiger partial charge >= 0.3 is 6.03 Å². The molecule has 2 heterocycles. The van der Waals surface area contributed by atoms with Crippen molar-refractivity contribution in [2.45, 2.75) is 6.04 Å². The quantitative estimate of drug-likeness (QED) is 0.763. The number of ether oxygens (including phenoxy) is 1. The standard InChI is InChI=1S/C20H19BrN4O3/c1-28-16-7-6-11(8-14(16)21)18-13-10-25(17(26)9-22)15-5-3-2-4-12(15)19(13)24-20(27)23-18/h2-8,13,18H,9-10,22H2,1H3,(H,23,27). The molecule has 7 nitrogen and oxygen atoms in total. The van der Waals surface area contributed by atoms with Crippen molar-refractivity contribution in [2.24, 2.45) is 16.6 Å². The fourth-order valence-corrected chi connectivity index (χ4v) is 4.39. The molecule has 2 unspecified atom stereocenters. The number of nitrogens with one attached hydrogen (secondary N) is 1. The van der Waals surface area contributed by atoms with Crippen LogP contribution < -0.4 is 20.7 Å². The van der Waals surface area contributed by atoms with Crippen LogP contribution in [0.25, 0.3) is 0 Å². The van der Waals surface area contributed by atoms with Crippen LogP contribution in [0.15, 0.2) is 51.9 Å². The lowest BCUT2D eigenvalue weighted by molar-refractivity contribution is -0.117. The number of rotatable bonds is 3. The third-order valence-corrected chi connectivity index (χ3v) is 5.73. The predicted octanol–water partition coefficient (Wildman–Crippen LogP) is 2.63. The number of benzene rings is 2. The topological polar surface area (TPSA) is 97.0 Å². The predicted molar refractivity (Wildman–Crippen MR) is 110 cm³/mol. The summed E-state index contributed by atoms with van der Waals surface area (Å²) in [6, 6.07) is 12.4. The number of nitrogens with two attached hydrogens (primary N) is 1. The molecule has 3 N–H and O–H groups in total. The Balaban J connectivity index is 1.82. The van der Waals surface area contributed by atoms with Crippen LogP contribution >= 0.6 is 15.9 Å². The number of nitrogens with zero attached hydrogens (tertiary/aromatic N) is 2. The maximum atomic E-state index is 12.5. The number of hydrogen-bond donors (Lipinski definition) is 2. The molecule has 28 heavy (non-hydrogen) atoms. The third kappa shape index (κ3) is 3.08. The molecule has 2 atom stereocenters. The largest absolute Gasteiger partial charge is 0.496 e. The first-order valence-electron chi connectivity index (χ1n) is 8.86. The molecule has 8 heteroatoms. The van der Waals surface area contributed by atoms with E-state index in [1.807, 2.05) is 42.5 Å². The summed E-state index contributed by atoms with van der Waals surface area (Å²) in [5.41, 5.74) is 8.75. The molecule has 0 radical (unpaired) electrons. The lowest BCUT2D eigenvalue weighted by Crippen LogP contribution is -2.52. The molecular formula is C20H19BrN4O3. The SMILES string of the molecule is COc1ccc(C2NC(=O)N=C3c4ccccc4N(C(=O)CN)CC32)cc1Br. The first-order chi connectivity index (χ1) is 13.5. The zero-order valence-corrected chi connectivity index (χ0v) is 16.8. The van der Waals surface area contributed by atoms with E-state index >= 15 is 0 Å². The van der Waals surface area contributed by atoms with Crippen LogP contribution in [0.3, 0.4) is 0 Å². The number of carbonyl (C=O) groups excluding carboxylic acids is 2. The van der Waals surface area contributed by atoms with Gasteiger partial charge in [-0.1, -0.05) is 24.3 Å². The smallest absolute Gasteiger partial charge is 0.341 e. The van der Waals surface area contributed by atoms with E-state index in [-0.39, 0.29) is 24.4 Å². The van der Waals surface area contributed by atoms with Gasteiger partial charge in [-0.25, -0.2) is 4.79 Å². The second kappa shape index (κ2) is 7.37. The van der Waals surface area contributed by atoms with Gasteiger partial charge in [0.1, 0.15) is 5.75 Å². The van der Waals surface area contributed by atoms with Gasteiger partial charge in [0.2, 0.25) is 5.91 Å². The Morgan fingerprint density at radius 2 is 2.14 bits per heavy atom. The lowest BCUT2D eigenvalue weighted by atomic mass is 9.81. The average molecular weight is 443 g/mol. The minimum absolute atomic E-state index is 0.0847. The lowest BCUT2D eigenvalue weighted by Gasteiger charge is -2.41. The van der Waals surface area contributed by atoms with Crippen molar-refractivity contribution >= 4 is 39.3 Å². The molecule has 2 aromatic rings. The van der Waals surface area contributed by atoms with Crippen LogP contribution in [-0.4, -0.2) is 37.8 Å². The van der Waals surface area contributed by atoms with Gasteiger partial charge in [-0.05, 0) is 39.7 Å². The van der Waals surface area contributed by atoms with Gasteiger partial charge < -0.3 is 20.7 Å². The molecule has 2 aromatic carbocycles. The molecule has 4 rings (SSSR count). The van der Waals surface area contributed by atoms with E-state index in [9.17, 15) is 9.59 Å². The van der Waals surface area contributed by atoms with E-state index in [1.54, 1.807) is 12.0 Å². The number of amides is 3. The summed E-state index contributed by atoms with van der Waals surface area (Å²) in [5, 5.41) is 2.95. The second-order valence-electron chi connectivity index (χ2n) is 6.65. The van der Waals surface area contributed by atoms with Crippen molar-refractivity contribution in [3.05, 3.63) is 58.1 Å². The number of methoxy groups -OCH3 is 1. The number of urea groups is 1. The van der Waals surface area contributed by atoms with E-state index in [1.165, 1.54) is 0 Å². The summed E-state index contributed by atoms with van der Waals surface area (Å²) in [5.74, 6) is 0.343. The molecule has 0 spiro atoms. The number of halogens is 1. The molecule has 144 valence electrons. The van der Waals surface area contributed by atoms with E-state index in [0.29, 0.717) is 18.0 Å². The summed E-state index contributed by atoms with van der Waals surface area (Å²) in [4.78, 5) is 30.8. The molecule has 2 aliphatic heterocycles. The van der Waals surface area contributed by atoms with E-state index < -0.39 is 6.03 Å². The maximum Gasteiger partial charge on any atom is 0.341 e. The van der Waals surface area contributed by atoms with Crippen molar-refractivity contribution in [3.63, 3.8) is 0 Å². The first-order valence-corrected chi connectivity index (χ1v) is 9.65. The number of carbonyl (C=O) groups is 2. The minimum Gasteiger partial charge on any atom is -0.496 e. The van der Waals surface area contributed by atoms with Crippen LogP contribution in [0.2, 0.25) is 0 Å². The van der Waals surface area contributed by atoms with Crippen molar-refractivity contribution in [2.75, 3.05) is 25.1 Å². The third-order valence-electron chi connectivity index (χ3n) is 5.12. The van der Waals surface area contributed by atoms with Gasteiger partial charge in [0, 0.05) is 18.0 Å². The molecule has 0 bridgehead atoms. The maximum absolute atomic E-state index is 12.5. The number of fused-ring (bicyclic) bond motifs is 3. The van der Waals surface area contributed by atoms with Crippen LogP contribution in [0.5, 0.6) is 5.75 Å². The minimum atomic E-state index is -0.392. The molecule has 0 saturated heterocycles. The zero-order chi connectivity index (χ0) is 19.8. The Morgan fingerprint density at radius 3 is 2.86 bits per heavy atom. The Hall–Kier alpha value is -2.71. The van der Waals surface area contributed by atoms with Gasteiger partial charge in [0.15, 0.2) is 0 Å². The molecule has 0 aromatic heterocycles. The summed E-state index contributed by atoms with van der Waals surface area (Å²) in [6.07, 6.45) is 0. The van der Waals surface area contributed by atoms with Crippen molar-refractivity contribution in [1.29, 1.82) is 0 Å². The molecule has 0 fully saturated rings. The van der Waals surface area contributed by atoms with Gasteiger partial charge in [-0.2, -0.15) is 4.99 Å². The Morgan fingerprint density at radius 1 is 1.36 bits per heavy atom. The van der Waals surface area contributed by atoms with Crippen molar-refractivity contribution in [1.82, 2.24) is 5.32 Å². The monoisotopic (exact) mass is 442 g/mol. The molecular weight excluding hydrogens is 424 g/mol. The van der Waals surface area contributed by atoms with Crippen molar-refractivity contribution in [3.8, 4) is 5.75 Å². The average Bonchev–Trinajstić information content (AvgIpc) is 2.72. The van der Waals surface area contributed by atoms with Crippen molar-refractivity contribution < 1.29 is 14.3 Å². The molecule has 3 amide bonds. The zero-order valence-electron chi connectivity index (χ0n) is 15.2. The van der Waals surface area contributed by atoms with Crippen LogP contribution in [0, 0.1) is 5.92 Å². The van der Waals surface area contributed by atoms with Gasteiger partial charge in [0.05, 0.1) is 35.6 Å². The van der Waals surface area contributed by atoms with Crippen LogP contribution in [-0.2, 0) is 4.79 Å². The summed E-state index contributed by atoms with van der Waals surface area (Å²) >= 11 is 3.50. The Labute approximate surface area is 170 Å². The second-order valence-corrected chi connectivity index (χ2v) is 7.50. The highest BCUT2D eigenvalue weighted by Crippen LogP contribution is 2.39. The molecule has 0 aliphatic carbocycles. The normalized spacial score (nSPS) is 20.6. The highest BCUT2D eigenvalue weighted by atomic mass is 79.9. The van der Waals surface area contributed by atoms with Crippen LogP contribution in [0.4, 0.5) is 10.5 Å². The number of para-hydroxylation sites is 1. The number of anilines is 1. The van der Waals surface area contributed by atoms with Crippen LogP contribution in [0.1, 0.15) is 17.2 Å². The fraction of sp³-hybridized carbons (Fsp3) is 0.250. The molecule has 2 aliphatic rings. The van der Waals surface area contributed by atoms with E-state index in [4.69, 9.17) is 10.5 Å². The summed E-state index contributed by atoms with van der Waals surface area (Å²) < 4.78 is 6.09. The van der Waals surface area contributed by atoms with Gasteiger partial charge in [-0.15, -0.1) is 0 Å². The van der Waals surface area contributed by atoms with Gasteiger partial charge in [-0.3, -0.25) is 4.79 Å². The van der Waals surface area contributed by atoms with E-state index in [2.05, 4.69) is 26.2 Å². The summed E-state index contributed by atoms with van der Waals surface area (Å²) in [7, 11) is 1.60. The Kier molecular flexibility index (Phi) is 4.91. The fourth-order valence-electron chi connectivity index (χ4n) is 3.83. The number of hydrogen-bond acceptors (Lipinski definition) is 4. The highest BCUT2D eigenvalue weighted by molar-refractivity contribution is 9.10. The Bertz CT molecular complexity index is 991. The van der Waals surface area contributed by atoms with Gasteiger partial charge in [0.25, 0.3) is 0 Å². The van der Waals surface area contributed by atoms with E-state index in [0.717, 1.165) is 21.3 Å². The molecule has 0 saturated carbocycles. The highest BCUT2D eigenvalue weighted by Gasteiger charge is 2.41. The first kappa shape index (κ1) is 18.6.